The van der Waals surface area contributed by atoms with Crippen LogP contribution in [0.1, 0.15) is 22.5 Å². The van der Waals surface area contributed by atoms with E-state index in [0.717, 1.165) is 30.9 Å². The summed E-state index contributed by atoms with van der Waals surface area (Å²) in [6.45, 7) is 1.86. The Morgan fingerprint density at radius 1 is 1.67 bits per heavy atom. The van der Waals surface area contributed by atoms with E-state index in [0.29, 0.717) is 10.6 Å². The fourth-order valence-electron chi connectivity index (χ4n) is 2.17. The third-order valence-corrected chi connectivity index (χ3v) is 4.41. The van der Waals surface area contributed by atoms with E-state index >= 15 is 0 Å². The molecular formula is C12H19N3O2S. The van der Waals surface area contributed by atoms with E-state index in [2.05, 4.69) is 10.2 Å². The summed E-state index contributed by atoms with van der Waals surface area (Å²) in [7, 11) is 3.36. The molecule has 1 aliphatic rings. The van der Waals surface area contributed by atoms with Crippen molar-refractivity contribution in [2.75, 3.05) is 37.9 Å². The molecule has 1 aromatic rings. The average Bonchev–Trinajstić information content (AvgIpc) is 2.80. The van der Waals surface area contributed by atoms with Crippen LogP contribution in [0, 0.1) is 0 Å². The molecule has 2 heterocycles. The maximum atomic E-state index is 11.6. The molecule has 6 heteroatoms. The Hall–Kier alpha value is -1.27. The Labute approximate surface area is 111 Å². The van der Waals surface area contributed by atoms with Gasteiger partial charge in [-0.1, -0.05) is 0 Å². The summed E-state index contributed by atoms with van der Waals surface area (Å²) in [5.41, 5.74) is 6.43. The predicted molar refractivity (Wildman–Crippen MR) is 74.4 cm³/mol. The van der Waals surface area contributed by atoms with Gasteiger partial charge in [0.2, 0.25) is 0 Å². The summed E-state index contributed by atoms with van der Waals surface area (Å²) in [6, 6.07) is 1.88. The topological polar surface area (TPSA) is 67.6 Å². The van der Waals surface area contributed by atoms with E-state index in [9.17, 15) is 4.79 Å². The molecule has 1 unspecified atom stereocenters. The Balaban J connectivity index is 2.16. The molecule has 100 valence electrons. The van der Waals surface area contributed by atoms with Gasteiger partial charge in [0.1, 0.15) is 4.88 Å². The molecule has 0 spiro atoms. The molecule has 0 aliphatic carbocycles. The second-order valence-corrected chi connectivity index (χ2v) is 5.42. The summed E-state index contributed by atoms with van der Waals surface area (Å²) >= 11 is 1.44. The number of nitrogens with one attached hydrogen (secondary N) is 1. The first-order valence-electron chi connectivity index (χ1n) is 6.04. The molecule has 0 aromatic carbocycles. The quantitative estimate of drug-likeness (QED) is 0.868. The van der Waals surface area contributed by atoms with Crippen molar-refractivity contribution >= 4 is 27.9 Å². The van der Waals surface area contributed by atoms with E-state index in [-0.39, 0.29) is 12.0 Å². The van der Waals surface area contributed by atoms with Crippen molar-refractivity contribution in [3.8, 4) is 0 Å². The van der Waals surface area contributed by atoms with Crippen molar-refractivity contribution in [1.29, 1.82) is 0 Å². The van der Waals surface area contributed by atoms with Crippen molar-refractivity contribution in [2.24, 2.45) is 0 Å². The monoisotopic (exact) mass is 269 g/mol. The summed E-state index contributed by atoms with van der Waals surface area (Å²) in [5, 5.41) is 3.66. The molecule has 1 saturated heterocycles. The fourth-order valence-corrected chi connectivity index (χ4v) is 3.23. The zero-order chi connectivity index (χ0) is 13.1. The van der Waals surface area contributed by atoms with Crippen LogP contribution in [0.5, 0.6) is 0 Å². The lowest BCUT2D eigenvalue weighted by Crippen LogP contribution is -2.38. The number of carbonyl (C=O) groups is 1. The second kappa shape index (κ2) is 5.58. The van der Waals surface area contributed by atoms with Gasteiger partial charge in [-0.25, -0.2) is 0 Å². The molecule has 18 heavy (non-hydrogen) atoms. The number of nitrogen functional groups attached to an aromatic ring is 1. The number of anilines is 2. The highest BCUT2D eigenvalue weighted by atomic mass is 32.1. The maximum Gasteiger partial charge on any atom is 0.263 e. The van der Waals surface area contributed by atoms with Crippen molar-refractivity contribution < 1.29 is 9.53 Å². The van der Waals surface area contributed by atoms with Crippen LogP contribution in [0.2, 0.25) is 0 Å². The summed E-state index contributed by atoms with van der Waals surface area (Å²) in [4.78, 5) is 14.5. The third-order valence-electron chi connectivity index (χ3n) is 3.20. The van der Waals surface area contributed by atoms with Gasteiger partial charge >= 0.3 is 0 Å². The predicted octanol–water partition coefficient (Wildman–Crippen LogP) is 1.31. The summed E-state index contributed by atoms with van der Waals surface area (Å²) in [5.74, 6) is -0.121. The largest absolute Gasteiger partial charge is 0.397 e. The standard InChI is InChI=1S/C12H19N3O2S/c1-14-12(16)11-9(13)6-10(18-11)15-5-3-4-8(7-15)17-2/h6,8H,3-5,7,13H2,1-2H3,(H,14,16). The van der Waals surface area contributed by atoms with Gasteiger partial charge in [0.25, 0.3) is 5.91 Å². The van der Waals surface area contributed by atoms with E-state index in [1.54, 1.807) is 14.2 Å². The third kappa shape index (κ3) is 2.59. The molecule has 1 amide bonds. The second-order valence-electron chi connectivity index (χ2n) is 4.39. The van der Waals surface area contributed by atoms with E-state index in [4.69, 9.17) is 10.5 Å². The van der Waals surface area contributed by atoms with Crippen LogP contribution in [-0.4, -0.2) is 39.3 Å². The highest BCUT2D eigenvalue weighted by Gasteiger charge is 2.23. The number of methoxy groups -OCH3 is 1. The van der Waals surface area contributed by atoms with Crippen molar-refractivity contribution in [3.05, 3.63) is 10.9 Å². The number of piperidine rings is 1. The smallest absolute Gasteiger partial charge is 0.263 e. The molecule has 1 atom stereocenters. The summed E-state index contributed by atoms with van der Waals surface area (Å²) in [6.07, 6.45) is 2.47. The molecule has 1 fully saturated rings. The minimum Gasteiger partial charge on any atom is -0.397 e. The van der Waals surface area contributed by atoms with Crippen LogP contribution in [0.4, 0.5) is 10.7 Å². The zero-order valence-corrected chi connectivity index (χ0v) is 11.5. The highest BCUT2D eigenvalue weighted by molar-refractivity contribution is 7.18. The molecular weight excluding hydrogens is 250 g/mol. The van der Waals surface area contributed by atoms with Crippen molar-refractivity contribution in [1.82, 2.24) is 5.32 Å². The number of nitrogens with zero attached hydrogens (tertiary/aromatic N) is 1. The number of rotatable bonds is 3. The molecule has 5 nitrogen and oxygen atoms in total. The number of ether oxygens (including phenoxy) is 1. The Morgan fingerprint density at radius 2 is 2.44 bits per heavy atom. The lowest BCUT2D eigenvalue weighted by atomic mass is 10.1. The van der Waals surface area contributed by atoms with Crippen molar-refractivity contribution in [3.63, 3.8) is 0 Å². The number of nitrogens with two attached hydrogens (primary N) is 1. The Bertz CT molecular complexity index is 433. The maximum absolute atomic E-state index is 11.6. The van der Waals surface area contributed by atoms with Crippen LogP contribution >= 0.6 is 11.3 Å². The van der Waals surface area contributed by atoms with Gasteiger partial charge in [-0.05, 0) is 18.9 Å². The minimum atomic E-state index is -0.121. The molecule has 1 aromatic heterocycles. The number of hydrogen-bond donors (Lipinski definition) is 2. The first-order valence-corrected chi connectivity index (χ1v) is 6.86. The van der Waals surface area contributed by atoms with Crippen LogP contribution in [0.15, 0.2) is 6.07 Å². The Kier molecular flexibility index (Phi) is 4.08. The fraction of sp³-hybridized carbons (Fsp3) is 0.583. The van der Waals surface area contributed by atoms with Crippen LogP contribution in [0.3, 0.4) is 0 Å². The van der Waals surface area contributed by atoms with Gasteiger partial charge in [-0.3, -0.25) is 4.79 Å². The summed E-state index contributed by atoms with van der Waals surface area (Å²) < 4.78 is 5.40. The van der Waals surface area contributed by atoms with E-state index < -0.39 is 0 Å². The average molecular weight is 269 g/mol. The number of thiophene rings is 1. The molecule has 0 saturated carbocycles. The van der Waals surface area contributed by atoms with Crippen LogP contribution in [0.25, 0.3) is 0 Å². The minimum absolute atomic E-state index is 0.121. The molecule has 3 N–H and O–H groups in total. The number of hydrogen-bond acceptors (Lipinski definition) is 5. The first kappa shape index (κ1) is 13.2. The Morgan fingerprint density at radius 3 is 3.11 bits per heavy atom. The normalized spacial score (nSPS) is 19.9. The first-order chi connectivity index (χ1) is 8.65. The van der Waals surface area contributed by atoms with Gasteiger partial charge < -0.3 is 20.7 Å². The molecule has 2 rings (SSSR count). The van der Waals surface area contributed by atoms with Gasteiger partial charge in [-0.15, -0.1) is 11.3 Å². The molecule has 1 aliphatic heterocycles. The van der Waals surface area contributed by atoms with E-state index in [1.807, 2.05) is 6.07 Å². The van der Waals surface area contributed by atoms with Gasteiger partial charge in [0, 0.05) is 27.2 Å². The SMILES string of the molecule is CNC(=O)c1sc(N2CCCC(OC)C2)cc1N. The van der Waals surface area contributed by atoms with Crippen molar-refractivity contribution in [2.45, 2.75) is 18.9 Å². The number of carbonyl (C=O) groups excluding carboxylic acids is 1. The van der Waals surface area contributed by atoms with Gasteiger partial charge in [0.05, 0.1) is 16.8 Å². The zero-order valence-electron chi connectivity index (χ0n) is 10.7. The highest BCUT2D eigenvalue weighted by Crippen LogP contribution is 2.33. The van der Waals surface area contributed by atoms with Gasteiger partial charge in [-0.2, -0.15) is 0 Å². The molecule has 0 radical (unpaired) electrons. The number of amides is 1. The lowest BCUT2D eigenvalue weighted by molar-refractivity contribution is 0.0895. The van der Waals surface area contributed by atoms with Crippen LogP contribution in [-0.2, 0) is 4.74 Å². The molecule has 0 bridgehead atoms. The van der Waals surface area contributed by atoms with Crippen LogP contribution < -0.4 is 16.0 Å². The lowest BCUT2D eigenvalue weighted by Gasteiger charge is -2.32. The van der Waals surface area contributed by atoms with E-state index in [1.165, 1.54) is 11.3 Å². The van der Waals surface area contributed by atoms with Gasteiger partial charge in [0.15, 0.2) is 0 Å².